The van der Waals surface area contributed by atoms with E-state index in [1.54, 1.807) is 10.9 Å². The lowest BCUT2D eigenvalue weighted by atomic mass is 10.0. The number of aliphatic imine (C=N–C) groups is 1. The molecule has 1 amide bonds. The zero-order valence-corrected chi connectivity index (χ0v) is 16.5. The van der Waals surface area contributed by atoms with Gasteiger partial charge in [-0.1, -0.05) is 17.7 Å². The van der Waals surface area contributed by atoms with Crippen LogP contribution in [0.4, 0.5) is 5.69 Å². The molecule has 0 unspecified atom stereocenters. The monoisotopic (exact) mass is 388 g/mol. The van der Waals surface area contributed by atoms with Crippen LogP contribution in [0.2, 0.25) is 0 Å². The number of rotatable bonds is 4. The van der Waals surface area contributed by atoms with E-state index in [4.69, 9.17) is 0 Å². The normalized spacial score (nSPS) is 13.4. The summed E-state index contributed by atoms with van der Waals surface area (Å²) in [5.74, 6) is 0.623. The molecule has 4 rings (SSSR count). The molecular weight excluding hydrogens is 368 g/mol. The predicted octanol–water partition coefficient (Wildman–Crippen LogP) is 4.40. The molecule has 0 saturated heterocycles. The second-order valence-corrected chi connectivity index (χ2v) is 7.37. The van der Waals surface area contributed by atoms with E-state index in [1.807, 2.05) is 24.3 Å². The third-order valence-electron chi connectivity index (χ3n) is 4.56. The highest BCUT2D eigenvalue weighted by Crippen LogP contribution is 2.21. The Hall–Kier alpha value is -3.25. The Morgan fingerprint density at radius 3 is 2.71 bits per heavy atom. The first-order chi connectivity index (χ1) is 13.6. The first-order valence-electron chi connectivity index (χ1n) is 8.99. The molecule has 2 heterocycles. The van der Waals surface area contributed by atoms with Gasteiger partial charge in [-0.2, -0.15) is 0 Å². The number of benzene rings is 2. The number of carbonyl (C=O) groups excluding carboxylic acids is 1. The van der Waals surface area contributed by atoms with Crippen molar-refractivity contribution in [3.05, 3.63) is 87.4 Å². The summed E-state index contributed by atoms with van der Waals surface area (Å²) in [4.78, 5) is 20.7. The van der Waals surface area contributed by atoms with Crippen molar-refractivity contribution in [3.63, 3.8) is 0 Å². The van der Waals surface area contributed by atoms with Gasteiger partial charge in [-0.05, 0) is 55.8 Å². The number of nitrogens with zero attached hydrogens (tertiary/aromatic N) is 2. The number of aromatic nitrogens is 1. The minimum atomic E-state index is -0.206. The highest BCUT2D eigenvalue weighted by molar-refractivity contribution is 7.07. The van der Waals surface area contributed by atoms with Crippen LogP contribution in [-0.4, -0.2) is 23.3 Å². The molecule has 1 aliphatic rings. The molecule has 140 valence electrons. The Morgan fingerprint density at radius 2 is 1.96 bits per heavy atom. The maximum absolute atomic E-state index is 12.1. The van der Waals surface area contributed by atoms with Crippen molar-refractivity contribution in [2.45, 2.75) is 13.8 Å². The summed E-state index contributed by atoms with van der Waals surface area (Å²) in [7, 11) is 0. The van der Waals surface area contributed by atoms with E-state index in [0.29, 0.717) is 12.2 Å². The van der Waals surface area contributed by atoms with Crippen LogP contribution in [0.1, 0.15) is 32.7 Å². The Bertz CT molecular complexity index is 1070. The lowest BCUT2D eigenvalue weighted by Gasteiger charge is -2.19. The molecule has 0 atom stereocenters. The molecule has 0 radical (unpaired) electrons. The second-order valence-electron chi connectivity index (χ2n) is 6.66. The summed E-state index contributed by atoms with van der Waals surface area (Å²) < 4.78 is 0. The van der Waals surface area contributed by atoms with Gasteiger partial charge < -0.3 is 10.6 Å². The van der Waals surface area contributed by atoms with Crippen molar-refractivity contribution in [1.29, 1.82) is 0 Å². The van der Waals surface area contributed by atoms with Crippen LogP contribution < -0.4 is 10.6 Å². The average Bonchev–Trinajstić information content (AvgIpc) is 3.26. The number of thiazole rings is 1. The molecule has 1 aliphatic heterocycles. The number of carbonyl (C=O) groups is 1. The number of hydrogen-bond donors (Lipinski definition) is 2. The van der Waals surface area contributed by atoms with Gasteiger partial charge >= 0.3 is 0 Å². The van der Waals surface area contributed by atoms with Gasteiger partial charge in [-0.25, -0.2) is 4.98 Å². The number of hydrogen-bond acceptors (Lipinski definition) is 5. The van der Waals surface area contributed by atoms with Crippen LogP contribution >= 0.6 is 11.3 Å². The molecule has 0 saturated carbocycles. The van der Waals surface area contributed by atoms with E-state index < -0.39 is 0 Å². The third-order valence-corrected chi connectivity index (χ3v) is 5.15. The van der Waals surface area contributed by atoms with Crippen LogP contribution in [-0.2, 0) is 0 Å². The highest BCUT2D eigenvalue weighted by atomic mass is 32.1. The van der Waals surface area contributed by atoms with Crippen molar-refractivity contribution >= 4 is 34.5 Å². The molecule has 0 spiro atoms. The number of nitrogens with one attached hydrogen (secondary N) is 2. The fourth-order valence-electron chi connectivity index (χ4n) is 3.04. The summed E-state index contributed by atoms with van der Waals surface area (Å²) >= 11 is 1.40. The molecule has 28 heavy (non-hydrogen) atoms. The number of amidine groups is 1. The number of amides is 1. The molecule has 6 heteroatoms. The lowest BCUT2D eigenvalue weighted by molar-refractivity contribution is 0.102. The maximum atomic E-state index is 12.1. The summed E-state index contributed by atoms with van der Waals surface area (Å²) in [5.41, 5.74) is 8.50. The second kappa shape index (κ2) is 7.78. The minimum Gasteiger partial charge on any atom is -0.340 e. The topological polar surface area (TPSA) is 66.4 Å². The predicted molar refractivity (Wildman–Crippen MR) is 115 cm³/mol. The molecule has 2 N–H and O–H groups in total. The minimum absolute atomic E-state index is 0.206. The van der Waals surface area contributed by atoms with Gasteiger partial charge in [0.25, 0.3) is 5.91 Å². The molecule has 0 bridgehead atoms. The van der Waals surface area contributed by atoms with Gasteiger partial charge in [-0.3, -0.25) is 9.79 Å². The quantitative estimate of drug-likeness (QED) is 0.696. The summed E-state index contributed by atoms with van der Waals surface area (Å²) in [5, 5.41) is 8.04. The Morgan fingerprint density at radius 1 is 1.14 bits per heavy atom. The first-order valence-corrected chi connectivity index (χ1v) is 9.93. The Kier molecular flexibility index (Phi) is 5.04. The zero-order valence-electron chi connectivity index (χ0n) is 15.7. The molecule has 2 aromatic carbocycles. The van der Waals surface area contributed by atoms with E-state index in [9.17, 15) is 4.79 Å². The van der Waals surface area contributed by atoms with Crippen molar-refractivity contribution in [2.24, 2.45) is 4.99 Å². The van der Waals surface area contributed by atoms with Gasteiger partial charge in [-0.15, -0.1) is 11.3 Å². The third kappa shape index (κ3) is 3.87. The first kappa shape index (κ1) is 18.1. The average molecular weight is 388 g/mol. The van der Waals surface area contributed by atoms with E-state index in [0.717, 1.165) is 22.8 Å². The maximum Gasteiger partial charge on any atom is 0.275 e. The van der Waals surface area contributed by atoms with Gasteiger partial charge in [0, 0.05) is 27.9 Å². The van der Waals surface area contributed by atoms with Gasteiger partial charge in [0.15, 0.2) is 0 Å². The SMILES string of the molecule is Cc1ccc(C)c(C2=CCN=C(c3ccc(NC(=O)c4cscn4)cc3)N2)c1. The van der Waals surface area contributed by atoms with Gasteiger partial charge in [0.2, 0.25) is 0 Å². The smallest absolute Gasteiger partial charge is 0.275 e. The molecule has 5 nitrogen and oxygen atoms in total. The molecule has 1 aromatic heterocycles. The Labute approximate surface area is 167 Å². The standard InChI is InChI=1S/C22H20N4OS/c1-14-3-4-15(2)18(11-14)19-9-10-23-21(26-19)16-5-7-17(8-6-16)25-22(27)20-12-28-13-24-20/h3-9,11-13H,10H2,1-2H3,(H,23,26)(H,25,27). The molecular formula is C22H20N4OS. The molecule has 3 aromatic rings. The van der Waals surface area contributed by atoms with E-state index in [1.165, 1.54) is 28.0 Å². The molecule has 0 aliphatic carbocycles. The van der Waals surface area contributed by atoms with Gasteiger partial charge in [0.1, 0.15) is 11.5 Å². The summed E-state index contributed by atoms with van der Waals surface area (Å²) in [6.45, 7) is 4.84. The van der Waals surface area contributed by atoms with Crippen molar-refractivity contribution in [1.82, 2.24) is 10.3 Å². The van der Waals surface area contributed by atoms with Crippen LogP contribution in [0.15, 0.2) is 64.4 Å². The largest absolute Gasteiger partial charge is 0.340 e. The lowest BCUT2D eigenvalue weighted by Crippen LogP contribution is -2.27. The van der Waals surface area contributed by atoms with E-state index in [-0.39, 0.29) is 5.91 Å². The Balaban J connectivity index is 1.48. The van der Waals surface area contributed by atoms with Crippen molar-refractivity contribution < 1.29 is 4.79 Å². The highest BCUT2D eigenvalue weighted by Gasteiger charge is 2.14. The van der Waals surface area contributed by atoms with Crippen molar-refractivity contribution in [2.75, 3.05) is 11.9 Å². The zero-order chi connectivity index (χ0) is 19.5. The van der Waals surface area contributed by atoms with E-state index in [2.05, 4.69) is 58.7 Å². The molecule has 0 fully saturated rings. The van der Waals surface area contributed by atoms with Crippen molar-refractivity contribution in [3.8, 4) is 0 Å². The van der Waals surface area contributed by atoms with Crippen LogP contribution in [0, 0.1) is 13.8 Å². The fraction of sp³-hybridized carbons (Fsp3) is 0.136. The van der Waals surface area contributed by atoms with Crippen LogP contribution in [0.25, 0.3) is 5.70 Å². The van der Waals surface area contributed by atoms with Crippen LogP contribution in [0.3, 0.4) is 0 Å². The number of aryl methyl sites for hydroxylation is 2. The summed E-state index contributed by atoms with van der Waals surface area (Å²) in [6, 6.07) is 14.1. The fourth-order valence-corrected chi connectivity index (χ4v) is 3.58. The number of anilines is 1. The van der Waals surface area contributed by atoms with E-state index >= 15 is 0 Å². The van der Waals surface area contributed by atoms with Gasteiger partial charge in [0.05, 0.1) is 12.1 Å². The summed E-state index contributed by atoms with van der Waals surface area (Å²) in [6.07, 6.45) is 2.10. The van der Waals surface area contributed by atoms with Crippen LogP contribution in [0.5, 0.6) is 0 Å².